The topological polar surface area (TPSA) is 50.4 Å². The Kier molecular flexibility index (Phi) is 2.83. The second-order valence-electron chi connectivity index (χ2n) is 4.19. The molecule has 0 aromatic rings. The second-order valence-corrected chi connectivity index (χ2v) is 4.19. The lowest BCUT2D eigenvalue weighted by Gasteiger charge is -2.27. The molecule has 13 heavy (non-hydrogen) atoms. The van der Waals surface area contributed by atoms with Gasteiger partial charge in [-0.3, -0.25) is 4.99 Å². The van der Waals surface area contributed by atoms with Gasteiger partial charge < -0.3 is 11.1 Å². The van der Waals surface area contributed by atoms with E-state index in [2.05, 4.69) is 10.3 Å². The van der Waals surface area contributed by atoms with Gasteiger partial charge >= 0.3 is 0 Å². The zero-order valence-corrected chi connectivity index (χ0v) is 8.13. The van der Waals surface area contributed by atoms with Crippen LogP contribution in [0.15, 0.2) is 4.99 Å². The Morgan fingerprint density at radius 1 is 1.23 bits per heavy atom. The average Bonchev–Trinajstić information content (AvgIpc) is 2.62. The standard InChI is InChI=1S/C10H19N3/c11-8-3-5-9(6-4-8)13-10-2-1-7-12-10/h8-9H,1-7,11H2,(H,12,13)/t8-,9+. The molecule has 1 aliphatic heterocycles. The SMILES string of the molecule is N[C@H]1CC[C@@H](NC2=NCCC2)CC1. The third-order valence-corrected chi connectivity index (χ3v) is 3.02. The van der Waals surface area contributed by atoms with Crippen molar-refractivity contribution in [1.29, 1.82) is 0 Å². The first kappa shape index (κ1) is 9.00. The maximum atomic E-state index is 5.85. The van der Waals surface area contributed by atoms with E-state index >= 15 is 0 Å². The third-order valence-electron chi connectivity index (χ3n) is 3.02. The largest absolute Gasteiger partial charge is 0.371 e. The van der Waals surface area contributed by atoms with Crippen LogP contribution < -0.4 is 11.1 Å². The number of aliphatic imine (C=N–C) groups is 1. The maximum absolute atomic E-state index is 5.85. The highest BCUT2D eigenvalue weighted by molar-refractivity contribution is 5.83. The van der Waals surface area contributed by atoms with Crippen molar-refractivity contribution in [2.45, 2.75) is 50.6 Å². The van der Waals surface area contributed by atoms with Crippen LogP contribution in [0.2, 0.25) is 0 Å². The summed E-state index contributed by atoms with van der Waals surface area (Å²) in [6.45, 7) is 1.02. The van der Waals surface area contributed by atoms with E-state index in [1.165, 1.54) is 37.9 Å². The Hall–Kier alpha value is -0.570. The van der Waals surface area contributed by atoms with Crippen LogP contribution in [0.3, 0.4) is 0 Å². The fourth-order valence-electron chi connectivity index (χ4n) is 2.16. The smallest absolute Gasteiger partial charge is 0.0965 e. The first-order valence-corrected chi connectivity index (χ1v) is 5.40. The molecule has 0 aromatic carbocycles. The zero-order chi connectivity index (χ0) is 9.10. The molecule has 74 valence electrons. The summed E-state index contributed by atoms with van der Waals surface area (Å²) in [6, 6.07) is 1.10. The molecule has 0 spiro atoms. The minimum Gasteiger partial charge on any atom is -0.371 e. The van der Waals surface area contributed by atoms with Crippen molar-refractivity contribution >= 4 is 5.84 Å². The molecule has 2 aliphatic rings. The Morgan fingerprint density at radius 3 is 2.62 bits per heavy atom. The number of nitrogens with zero attached hydrogens (tertiary/aromatic N) is 1. The molecule has 2 rings (SSSR count). The number of nitrogens with two attached hydrogens (primary N) is 1. The van der Waals surface area contributed by atoms with Crippen LogP contribution >= 0.6 is 0 Å². The van der Waals surface area contributed by atoms with Crippen LogP contribution in [0.4, 0.5) is 0 Å². The predicted octanol–water partition coefficient (Wildman–Crippen LogP) is 1.04. The monoisotopic (exact) mass is 181 g/mol. The first-order valence-electron chi connectivity index (χ1n) is 5.40. The van der Waals surface area contributed by atoms with Gasteiger partial charge in [0.25, 0.3) is 0 Å². The van der Waals surface area contributed by atoms with Gasteiger partial charge in [-0.25, -0.2) is 0 Å². The highest BCUT2D eigenvalue weighted by Crippen LogP contribution is 2.17. The first-order chi connectivity index (χ1) is 6.34. The van der Waals surface area contributed by atoms with E-state index in [1.54, 1.807) is 0 Å². The van der Waals surface area contributed by atoms with Crippen LogP contribution in [0.25, 0.3) is 0 Å². The Bertz CT molecular complexity index is 192. The minimum atomic E-state index is 0.448. The molecule has 0 unspecified atom stereocenters. The van der Waals surface area contributed by atoms with E-state index in [0.717, 1.165) is 13.0 Å². The highest BCUT2D eigenvalue weighted by Gasteiger charge is 2.19. The summed E-state index contributed by atoms with van der Waals surface area (Å²) < 4.78 is 0. The molecule has 0 aromatic heterocycles. The summed E-state index contributed by atoms with van der Waals surface area (Å²) in [5.41, 5.74) is 5.85. The third kappa shape index (κ3) is 2.44. The molecular formula is C10H19N3. The fraction of sp³-hybridized carbons (Fsp3) is 0.900. The summed E-state index contributed by atoms with van der Waals surface area (Å²) in [4.78, 5) is 4.42. The molecular weight excluding hydrogens is 162 g/mol. The van der Waals surface area contributed by atoms with Crippen LogP contribution in [0.1, 0.15) is 38.5 Å². The van der Waals surface area contributed by atoms with Crippen molar-refractivity contribution in [2.75, 3.05) is 6.54 Å². The van der Waals surface area contributed by atoms with Gasteiger partial charge in [0.15, 0.2) is 0 Å². The second kappa shape index (κ2) is 4.09. The molecule has 0 atom stereocenters. The summed E-state index contributed by atoms with van der Waals surface area (Å²) in [5, 5.41) is 3.53. The molecule has 0 bridgehead atoms. The van der Waals surface area contributed by atoms with E-state index in [4.69, 9.17) is 5.73 Å². The van der Waals surface area contributed by atoms with Crippen molar-refractivity contribution < 1.29 is 0 Å². The van der Waals surface area contributed by atoms with Crippen molar-refractivity contribution in [3.05, 3.63) is 0 Å². The Labute approximate surface area is 79.8 Å². The van der Waals surface area contributed by atoms with E-state index in [1.807, 2.05) is 0 Å². The summed E-state index contributed by atoms with van der Waals surface area (Å²) in [7, 11) is 0. The van der Waals surface area contributed by atoms with E-state index in [9.17, 15) is 0 Å². The quantitative estimate of drug-likeness (QED) is 0.635. The molecule has 1 aliphatic carbocycles. The van der Waals surface area contributed by atoms with Gasteiger partial charge in [-0.2, -0.15) is 0 Å². The summed E-state index contributed by atoms with van der Waals surface area (Å²) in [6.07, 6.45) is 7.17. The van der Waals surface area contributed by atoms with Crippen LogP contribution in [0.5, 0.6) is 0 Å². The van der Waals surface area contributed by atoms with Gasteiger partial charge in [0.1, 0.15) is 0 Å². The highest BCUT2D eigenvalue weighted by atomic mass is 15.0. The van der Waals surface area contributed by atoms with E-state index in [0.29, 0.717) is 12.1 Å². The van der Waals surface area contributed by atoms with Crippen LogP contribution in [0, 0.1) is 0 Å². The van der Waals surface area contributed by atoms with Gasteiger partial charge in [0.2, 0.25) is 0 Å². The normalized spacial score (nSPS) is 34.4. The van der Waals surface area contributed by atoms with Crippen molar-refractivity contribution in [3.63, 3.8) is 0 Å². The lowest BCUT2D eigenvalue weighted by Crippen LogP contribution is -2.39. The number of amidine groups is 1. The van der Waals surface area contributed by atoms with Gasteiger partial charge in [-0.05, 0) is 32.1 Å². The van der Waals surface area contributed by atoms with Crippen molar-refractivity contribution in [1.82, 2.24) is 5.32 Å². The fourth-order valence-corrected chi connectivity index (χ4v) is 2.16. The molecule has 1 fully saturated rings. The average molecular weight is 181 g/mol. The van der Waals surface area contributed by atoms with Crippen LogP contribution in [-0.4, -0.2) is 24.5 Å². The van der Waals surface area contributed by atoms with Gasteiger partial charge in [0, 0.05) is 25.0 Å². The number of rotatable bonds is 1. The van der Waals surface area contributed by atoms with Gasteiger partial charge in [-0.1, -0.05) is 0 Å². The molecule has 3 N–H and O–H groups in total. The Morgan fingerprint density at radius 2 is 2.00 bits per heavy atom. The lowest BCUT2D eigenvalue weighted by molar-refractivity contribution is 0.372. The predicted molar refractivity (Wildman–Crippen MR) is 54.9 cm³/mol. The molecule has 3 heteroatoms. The molecule has 0 radical (unpaired) electrons. The van der Waals surface area contributed by atoms with Crippen molar-refractivity contribution in [2.24, 2.45) is 10.7 Å². The van der Waals surface area contributed by atoms with E-state index < -0.39 is 0 Å². The zero-order valence-electron chi connectivity index (χ0n) is 8.13. The number of nitrogens with one attached hydrogen (secondary N) is 1. The van der Waals surface area contributed by atoms with Gasteiger partial charge in [-0.15, -0.1) is 0 Å². The lowest BCUT2D eigenvalue weighted by atomic mass is 9.92. The number of hydrogen-bond donors (Lipinski definition) is 2. The molecule has 1 heterocycles. The Balaban J connectivity index is 1.75. The number of hydrogen-bond acceptors (Lipinski definition) is 3. The molecule has 1 saturated carbocycles. The summed E-state index contributed by atoms with van der Waals surface area (Å²) >= 11 is 0. The van der Waals surface area contributed by atoms with Gasteiger partial charge in [0.05, 0.1) is 5.84 Å². The van der Waals surface area contributed by atoms with Crippen LogP contribution in [-0.2, 0) is 0 Å². The van der Waals surface area contributed by atoms with E-state index in [-0.39, 0.29) is 0 Å². The summed E-state index contributed by atoms with van der Waals surface area (Å²) in [5.74, 6) is 1.24. The molecule has 0 saturated heterocycles. The van der Waals surface area contributed by atoms with Crippen molar-refractivity contribution in [3.8, 4) is 0 Å². The minimum absolute atomic E-state index is 0.448. The maximum Gasteiger partial charge on any atom is 0.0965 e. The molecule has 3 nitrogen and oxygen atoms in total. The molecule has 0 amide bonds.